The van der Waals surface area contributed by atoms with E-state index in [0.717, 1.165) is 25.2 Å². The summed E-state index contributed by atoms with van der Waals surface area (Å²) in [7, 11) is 0. The molecule has 2 nitrogen and oxygen atoms in total. The standard InChI is InChI=1S/C15H22N2/c1-12-6-2-4-8-14(12)17-11-10-16-13-7-3-5-9-15(13)17/h2,4,6,8,13,15-16H,3,5,7,9-11H2,1H3/t13-,15+/m0/s1. The molecular weight excluding hydrogens is 208 g/mol. The summed E-state index contributed by atoms with van der Waals surface area (Å²) < 4.78 is 0. The first kappa shape index (κ1) is 11.1. The van der Waals surface area contributed by atoms with E-state index in [-0.39, 0.29) is 0 Å². The number of piperazine rings is 1. The van der Waals surface area contributed by atoms with E-state index in [4.69, 9.17) is 0 Å². The van der Waals surface area contributed by atoms with E-state index in [1.54, 1.807) is 0 Å². The van der Waals surface area contributed by atoms with E-state index in [2.05, 4.69) is 41.4 Å². The van der Waals surface area contributed by atoms with Crippen molar-refractivity contribution < 1.29 is 0 Å². The molecule has 1 aromatic carbocycles. The lowest BCUT2D eigenvalue weighted by Crippen LogP contribution is -2.59. The third-order valence-corrected chi connectivity index (χ3v) is 4.31. The van der Waals surface area contributed by atoms with E-state index in [9.17, 15) is 0 Å². The van der Waals surface area contributed by atoms with Crippen LogP contribution in [0.5, 0.6) is 0 Å². The molecule has 1 saturated carbocycles. The smallest absolute Gasteiger partial charge is 0.0443 e. The molecule has 17 heavy (non-hydrogen) atoms. The number of para-hydroxylation sites is 1. The van der Waals surface area contributed by atoms with Crippen LogP contribution in [0, 0.1) is 6.92 Å². The Morgan fingerprint density at radius 3 is 2.88 bits per heavy atom. The Morgan fingerprint density at radius 1 is 1.18 bits per heavy atom. The maximum Gasteiger partial charge on any atom is 0.0443 e. The van der Waals surface area contributed by atoms with Gasteiger partial charge in [0, 0.05) is 30.9 Å². The summed E-state index contributed by atoms with van der Waals surface area (Å²) in [5, 5.41) is 3.70. The fourth-order valence-electron chi connectivity index (χ4n) is 3.44. The zero-order valence-electron chi connectivity index (χ0n) is 10.7. The predicted octanol–water partition coefficient (Wildman–Crippen LogP) is 2.72. The Bertz CT molecular complexity index is 386. The number of hydrogen-bond acceptors (Lipinski definition) is 2. The molecule has 1 saturated heterocycles. The third-order valence-electron chi connectivity index (χ3n) is 4.31. The van der Waals surface area contributed by atoms with Crippen LogP contribution in [0.15, 0.2) is 24.3 Å². The molecule has 2 aliphatic rings. The van der Waals surface area contributed by atoms with Crippen molar-refractivity contribution in [1.29, 1.82) is 0 Å². The third kappa shape index (κ3) is 2.06. The van der Waals surface area contributed by atoms with Crippen LogP contribution in [0.25, 0.3) is 0 Å². The monoisotopic (exact) mass is 230 g/mol. The van der Waals surface area contributed by atoms with E-state index in [1.807, 2.05) is 0 Å². The highest BCUT2D eigenvalue weighted by molar-refractivity contribution is 5.54. The van der Waals surface area contributed by atoms with Crippen molar-refractivity contribution >= 4 is 5.69 Å². The predicted molar refractivity (Wildman–Crippen MR) is 72.6 cm³/mol. The van der Waals surface area contributed by atoms with Gasteiger partial charge in [0.15, 0.2) is 0 Å². The lowest BCUT2D eigenvalue weighted by molar-refractivity contribution is 0.284. The van der Waals surface area contributed by atoms with Crippen LogP contribution < -0.4 is 10.2 Å². The number of benzene rings is 1. The topological polar surface area (TPSA) is 15.3 Å². The Kier molecular flexibility index (Phi) is 3.06. The molecule has 0 unspecified atom stereocenters. The minimum atomic E-state index is 0.720. The summed E-state index contributed by atoms with van der Waals surface area (Å²) in [6.07, 6.45) is 5.50. The Morgan fingerprint density at radius 2 is 2.00 bits per heavy atom. The van der Waals surface area contributed by atoms with Crippen LogP contribution >= 0.6 is 0 Å². The molecule has 2 atom stereocenters. The number of nitrogens with one attached hydrogen (secondary N) is 1. The highest BCUT2D eigenvalue weighted by atomic mass is 15.2. The fraction of sp³-hybridized carbons (Fsp3) is 0.600. The maximum atomic E-state index is 3.70. The maximum absolute atomic E-state index is 3.70. The fourth-order valence-corrected chi connectivity index (χ4v) is 3.44. The van der Waals surface area contributed by atoms with Crippen LogP contribution in [0.2, 0.25) is 0 Å². The molecule has 0 aromatic heterocycles. The van der Waals surface area contributed by atoms with Gasteiger partial charge in [-0.05, 0) is 31.4 Å². The van der Waals surface area contributed by atoms with Gasteiger partial charge in [-0.3, -0.25) is 0 Å². The molecule has 0 radical (unpaired) electrons. The lowest BCUT2D eigenvalue weighted by Gasteiger charge is -2.46. The van der Waals surface area contributed by atoms with Gasteiger partial charge in [0.1, 0.15) is 0 Å². The number of nitrogens with zero attached hydrogens (tertiary/aromatic N) is 1. The van der Waals surface area contributed by atoms with Crippen LogP contribution in [-0.2, 0) is 0 Å². The van der Waals surface area contributed by atoms with E-state index in [1.165, 1.54) is 36.9 Å². The van der Waals surface area contributed by atoms with Crippen molar-refractivity contribution in [2.24, 2.45) is 0 Å². The Labute approximate surface area is 104 Å². The second-order valence-electron chi connectivity index (χ2n) is 5.39. The van der Waals surface area contributed by atoms with Gasteiger partial charge < -0.3 is 10.2 Å². The molecule has 0 amide bonds. The molecule has 3 rings (SSSR count). The van der Waals surface area contributed by atoms with Crippen molar-refractivity contribution in [1.82, 2.24) is 5.32 Å². The van der Waals surface area contributed by atoms with Gasteiger partial charge in [0.2, 0.25) is 0 Å². The Balaban J connectivity index is 1.88. The van der Waals surface area contributed by atoms with E-state index >= 15 is 0 Å². The van der Waals surface area contributed by atoms with Gasteiger partial charge >= 0.3 is 0 Å². The molecule has 1 heterocycles. The van der Waals surface area contributed by atoms with Crippen LogP contribution in [0.3, 0.4) is 0 Å². The summed E-state index contributed by atoms with van der Waals surface area (Å²) in [4.78, 5) is 2.65. The normalized spacial score (nSPS) is 28.9. The first-order valence-electron chi connectivity index (χ1n) is 6.92. The number of rotatable bonds is 1. The number of aryl methyl sites for hydroxylation is 1. The molecule has 1 aliphatic heterocycles. The van der Waals surface area contributed by atoms with Gasteiger partial charge in [0.25, 0.3) is 0 Å². The van der Waals surface area contributed by atoms with Crippen molar-refractivity contribution in [3.63, 3.8) is 0 Å². The summed E-state index contributed by atoms with van der Waals surface area (Å²) in [5.74, 6) is 0. The quantitative estimate of drug-likeness (QED) is 0.798. The first-order valence-corrected chi connectivity index (χ1v) is 6.92. The summed E-state index contributed by atoms with van der Waals surface area (Å²) >= 11 is 0. The first-order chi connectivity index (χ1) is 8.36. The minimum Gasteiger partial charge on any atom is -0.365 e. The number of hydrogen-bond donors (Lipinski definition) is 1. The van der Waals surface area contributed by atoms with Crippen LogP contribution in [-0.4, -0.2) is 25.2 Å². The lowest BCUT2D eigenvalue weighted by atomic mass is 9.87. The summed E-state index contributed by atoms with van der Waals surface area (Å²) in [6, 6.07) is 10.3. The Hall–Kier alpha value is -1.02. The molecular formula is C15H22N2. The highest BCUT2D eigenvalue weighted by Crippen LogP contribution is 2.31. The van der Waals surface area contributed by atoms with Crippen LogP contribution in [0.4, 0.5) is 5.69 Å². The summed E-state index contributed by atoms with van der Waals surface area (Å²) in [6.45, 7) is 4.52. The van der Waals surface area contributed by atoms with Gasteiger partial charge in [-0.25, -0.2) is 0 Å². The van der Waals surface area contributed by atoms with E-state index in [0.29, 0.717) is 0 Å². The molecule has 2 heteroatoms. The van der Waals surface area contributed by atoms with Crippen molar-refractivity contribution in [3.05, 3.63) is 29.8 Å². The van der Waals surface area contributed by atoms with E-state index < -0.39 is 0 Å². The van der Waals surface area contributed by atoms with Crippen LogP contribution in [0.1, 0.15) is 31.2 Å². The molecule has 0 bridgehead atoms. The number of fused-ring (bicyclic) bond motifs is 1. The largest absolute Gasteiger partial charge is 0.365 e. The molecule has 1 N–H and O–H groups in total. The minimum absolute atomic E-state index is 0.720. The van der Waals surface area contributed by atoms with Crippen molar-refractivity contribution in [2.45, 2.75) is 44.7 Å². The van der Waals surface area contributed by atoms with Gasteiger partial charge in [-0.2, -0.15) is 0 Å². The molecule has 1 aromatic rings. The second kappa shape index (κ2) is 4.69. The molecule has 1 aliphatic carbocycles. The van der Waals surface area contributed by atoms with Gasteiger partial charge in [0.05, 0.1) is 0 Å². The average molecular weight is 230 g/mol. The zero-order chi connectivity index (χ0) is 11.7. The molecule has 2 fully saturated rings. The SMILES string of the molecule is Cc1ccccc1N1CCN[C@H]2CCCC[C@H]21. The average Bonchev–Trinajstić information content (AvgIpc) is 2.39. The van der Waals surface area contributed by atoms with Gasteiger partial charge in [-0.1, -0.05) is 31.0 Å². The second-order valence-corrected chi connectivity index (χ2v) is 5.39. The highest BCUT2D eigenvalue weighted by Gasteiger charge is 2.33. The van der Waals surface area contributed by atoms with Crippen molar-refractivity contribution in [3.8, 4) is 0 Å². The van der Waals surface area contributed by atoms with Crippen molar-refractivity contribution in [2.75, 3.05) is 18.0 Å². The zero-order valence-corrected chi connectivity index (χ0v) is 10.7. The molecule has 92 valence electrons. The summed E-state index contributed by atoms with van der Waals surface area (Å²) in [5.41, 5.74) is 2.87. The molecule has 0 spiro atoms. The number of anilines is 1. The van der Waals surface area contributed by atoms with Gasteiger partial charge in [-0.15, -0.1) is 0 Å².